The maximum Gasteiger partial charge on any atom is 0.410 e. The van der Waals surface area contributed by atoms with E-state index in [2.05, 4.69) is 17.4 Å². The van der Waals surface area contributed by atoms with Crippen LogP contribution in [-0.2, 0) is 17.6 Å². The molecule has 1 aromatic rings. The summed E-state index contributed by atoms with van der Waals surface area (Å²) in [6, 6.07) is 6.11. The Morgan fingerprint density at radius 1 is 1.12 bits per heavy atom. The number of carbonyl (C=O) groups is 2. The van der Waals surface area contributed by atoms with Gasteiger partial charge in [-0.05, 0) is 56.9 Å². The third-order valence-corrected chi connectivity index (χ3v) is 4.31. The number of amides is 3. The van der Waals surface area contributed by atoms with Gasteiger partial charge < -0.3 is 15.0 Å². The second-order valence-electron chi connectivity index (χ2n) is 7.30. The van der Waals surface area contributed by atoms with Crippen LogP contribution in [0.3, 0.4) is 0 Å². The Labute approximate surface area is 142 Å². The summed E-state index contributed by atoms with van der Waals surface area (Å²) in [5.74, 6) is 0. The normalized spacial score (nSPS) is 18.0. The van der Waals surface area contributed by atoms with Gasteiger partial charge in [0.15, 0.2) is 0 Å². The standard InChI is InChI=1S/C18H25N3O3/c1-18(2,3)24-17(23)20-9-6-13-4-5-15(12-14(13)7-10-20)21-11-8-19-16(21)22/h4-5,12H,6-11H2,1-3H3,(H,19,22). The number of ether oxygens (including phenoxy) is 1. The highest BCUT2D eigenvalue weighted by Crippen LogP contribution is 2.24. The molecule has 3 amide bonds. The molecule has 0 spiro atoms. The van der Waals surface area contributed by atoms with E-state index in [1.807, 2.05) is 26.8 Å². The molecule has 3 rings (SSSR count). The van der Waals surface area contributed by atoms with E-state index in [0.29, 0.717) is 26.2 Å². The van der Waals surface area contributed by atoms with E-state index in [1.54, 1.807) is 9.80 Å². The first-order chi connectivity index (χ1) is 11.3. The fourth-order valence-electron chi connectivity index (χ4n) is 3.11. The second-order valence-corrected chi connectivity index (χ2v) is 7.30. The number of benzene rings is 1. The van der Waals surface area contributed by atoms with Crippen LogP contribution in [0.25, 0.3) is 0 Å². The second kappa shape index (κ2) is 6.34. The number of anilines is 1. The number of carbonyl (C=O) groups excluding carboxylic acids is 2. The number of nitrogens with one attached hydrogen (secondary N) is 1. The summed E-state index contributed by atoms with van der Waals surface area (Å²) in [5.41, 5.74) is 2.89. The maximum atomic E-state index is 12.3. The van der Waals surface area contributed by atoms with Gasteiger partial charge in [-0.2, -0.15) is 0 Å². The first-order valence-electron chi connectivity index (χ1n) is 8.48. The smallest absolute Gasteiger partial charge is 0.410 e. The zero-order valence-electron chi connectivity index (χ0n) is 14.6. The molecule has 1 saturated heterocycles. The minimum Gasteiger partial charge on any atom is -0.444 e. The number of nitrogens with zero attached hydrogens (tertiary/aromatic N) is 2. The molecule has 6 heteroatoms. The van der Waals surface area contributed by atoms with Crippen LogP contribution < -0.4 is 10.2 Å². The van der Waals surface area contributed by atoms with Crippen LogP contribution in [0.2, 0.25) is 0 Å². The van der Waals surface area contributed by atoms with Gasteiger partial charge in [0.2, 0.25) is 0 Å². The molecule has 0 aromatic heterocycles. The first-order valence-corrected chi connectivity index (χ1v) is 8.48. The first kappa shape index (κ1) is 16.6. The molecular formula is C18H25N3O3. The molecule has 0 bridgehead atoms. The summed E-state index contributed by atoms with van der Waals surface area (Å²) in [4.78, 5) is 27.6. The Morgan fingerprint density at radius 3 is 2.46 bits per heavy atom. The van der Waals surface area contributed by atoms with Crippen molar-refractivity contribution in [3.8, 4) is 0 Å². The molecule has 0 radical (unpaired) electrons. The monoisotopic (exact) mass is 331 g/mol. The van der Waals surface area contributed by atoms with Crippen LogP contribution in [-0.4, -0.2) is 48.8 Å². The van der Waals surface area contributed by atoms with Gasteiger partial charge in [-0.3, -0.25) is 4.90 Å². The van der Waals surface area contributed by atoms with Gasteiger partial charge in [-0.1, -0.05) is 6.07 Å². The Kier molecular flexibility index (Phi) is 4.39. The van der Waals surface area contributed by atoms with Crippen molar-refractivity contribution in [2.45, 2.75) is 39.2 Å². The van der Waals surface area contributed by atoms with Gasteiger partial charge in [-0.25, -0.2) is 9.59 Å². The van der Waals surface area contributed by atoms with Crippen molar-refractivity contribution in [1.29, 1.82) is 0 Å². The largest absolute Gasteiger partial charge is 0.444 e. The van der Waals surface area contributed by atoms with Crippen molar-refractivity contribution in [2.75, 3.05) is 31.1 Å². The molecule has 2 heterocycles. The van der Waals surface area contributed by atoms with Crippen LogP contribution in [0.5, 0.6) is 0 Å². The van der Waals surface area contributed by atoms with Crippen LogP contribution in [0, 0.1) is 0 Å². The number of hydrogen-bond donors (Lipinski definition) is 1. The summed E-state index contributed by atoms with van der Waals surface area (Å²) in [6.07, 6.45) is 1.33. The van der Waals surface area contributed by atoms with E-state index in [4.69, 9.17) is 4.74 Å². The van der Waals surface area contributed by atoms with Gasteiger partial charge in [-0.15, -0.1) is 0 Å². The summed E-state index contributed by atoms with van der Waals surface area (Å²) in [5, 5.41) is 2.82. The van der Waals surface area contributed by atoms with Crippen molar-refractivity contribution in [3.05, 3.63) is 29.3 Å². The Bertz CT molecular complexity index is 651. The maximum absolute atomic E-state index is 12.3. The van der Waals surface area contributed by atoms with E-state index in [0.717, 1.165) is 18.5 Å². The highest BCUT2D eigenvalue weighted by molar-refractivity contribution is 5.94. The van der Waals surface area contributed by atoms with Crippen LogP contribution in [0.15, 0.2) is 18.2 Å². The van der Waals surface area contributed by atoms with Crippen molar-refractivity contribution >= 4 is 17.8 Å². The number of urea groups is 1. The van der Waals surface area contributed by atoms with Crippen molar-refractivity contribution in [2.24, 2.45) is 0 Å². The van der Waals surface area contributed by atoms with Crippen molar-refractivity contribution < 1.29 is 14.3 Å². The Hall–Kier alpha value is -2.24. The average molecular weight is 331 g/mol. The molecular weight excluding hydrogens is 306 g/mol. The van der Waals surface area contributed by atoms with Crippen molar-refractivity contribution in [1.82, 2.24) is 10.2 Å². The Morgan fingerprint density at radius 2 is 1.83 bits per heavy atom. The SMILES string of the molecule is CC(C)(C)OC(=O)N1CCc2ccc(N3CCNC3=O)cc2CC1. The number of fused-ring (bicyclic) bond motifs is 1. The lowest BCUT2D eigenvalue weighted by Crippen LogP contribution is -2.38. The minimum absolute atomic E-state index is 0.0426. The summed E-state index contributed by atoms with van der Waals surface area (Å²) < 4.78 is 5.48. The lowest BCUT2D eigenvalue weighted by Gasteiger charge is -2.26. The van der Waals surface area contributed by atoms with Gasteiger partial charge in [0.25, 0.3) is 0 Å². The fraction of sp³-hybridized carbons (Fsp3) is 0.556. The highest BCUT2D eigenvalue weighted by atomic mass is 16.6. The van der Waals surface area contributed by atoms with Gasteiger partial charge >= 0.3 is 12.1 Å². The molecule has 2 aliphatic heterocycles. The number of hydrogen-bond acceptors (Lipinski definition) is 3. The third-order valence-electron chi connectivity index (χ3n) is 4.31. The van der Waals surface area contributed by atoms with E-state index in [1.165, 1.54) is 11.1 Å². The minimum atomic E-state index is -0.480. The predicted octanol–water partition coefficient (Wildman–Crippen LogP) is 2.55. The van der Waals surface area contributed by atoms with E-state index in [9.17, 15) is 9.59 Å². The molecule has 0 saturated carbocycles. The lowest BCUT2D eigenvalue weighted by atomic mass is 10.0. The predicted molar refractivity (Wildman–Crippen MR) is 92.4 cm³/mol. The highest BCUT2D eigenvalue weighted by Gasteiger charge is 2.26. The molecule has 130 valence electrons. The van der Waals surface area contributed by atoms with Gasteiger partial charge in [0.05, 0.1) is 0 Å². The van der Waals surface area contributed by atoms with Crippen molar-refractivity contribution in [3.63, 3.8) is 0 Å². The molecule has 0 atom stereocenters. The zero-order chi connectivity index (χ0) is 17.3. The molecule has 24 heavy (non-hydrogen) atoms. The van der Waals surface area contributed by atoms with Crippen LogP contribution in [0.4, 0.5) is 15.3 Å². The quantitative estimate of drug-likeness (QED) is 0.860. The van der Waals surface area contributed by atoms with E-state index in [-0.39, 0.29) is 12.1 Å². The molecule has 0 unspecified atom stereocenters. The van der Waals surface area contributed by atoms with E-state index < -0.39 is 5.60 Å². The molecule has 6 nitrogen and oxygen atoms in total. The zero-order valence-corrected chi connectivity index (χ0v) is 14.6. The summed E-state index contributed by atoms with van der Waals surface area (Å²) >= 11 is 0. The third kappa shape index (κ3) is 3.63. The molecule has 1 fully saturated rings. The summed E-state index contributed by atoms with van der Waals surface area (Å²) in [7, 11) is 0. The van der Waals surface area contributed by atoms with E-state index >= 15 is 0 Å². The van der Waals surface area contributed by atoms with Gasteiger partial charge in [0, 0.05) is 31.9 Å². The lowest BCUT2D eigenvalue weighted by molar-refractivity contribution is 0.0258. The number of rotatable bonds is 1. The molecule has 1 N–H and O–H groups in total. The average Bonchev–Trinajstić information content (AvgIpc) is 2.80. The van der Waals surface area contributed by atoms with Gasteiger partial charge in [0.1, 0.15) is 5.60 Å². The fourth-order valence-corrected chi connectivity index (χ4v) is 3.11. The van der Waals surface area contributed by atoms with Crippen LogP contribution in [0.1, 0.15) is 31.9 Å². The summed E-state index contributed by atoms with van der Waals surface area (Å²) in [6.45, 7) is 8.31. The molecule has 1 aromatic carbocycles. The molecule has 2 aliphatic rings. The molecule has 0 aliphatic carbocycles. The Balaban J connectivity index is 1.72. The van der Waals surface area contributed by atoms with Crippen LogP contribution >= 0.6 is 0 Å². The topological polar surface area (TPSA) is 61.9 Å².